The molecule has 0 aromatic carbocycles. The predicted octanol–water partition coefficient (Wildman–Crippen LogP) is 1.87. The molecule has 0 bridgehead atoms. The summed E-state index contributed by atoms with van der Waals surface area (Å²) in [5, 5.41) is 29.6. The molecule has 0 aromatic rings. The van der Waals surface area contributed by atoms with Crippen molar-refractivity contribution >= 4 is 12.1 Å². The molecule has 1 heterocycles. The highest BCUT2D eigenvalue weighted by Crippen LogP contribution is 2.53. The van der Waals surface area contributed by atoms with Gasteiger partial charge in [0.15, 0.2) is 5.54 Å². The van der Waals surface area contributed by atoms with Gasteiger partial charge in [-0.2, -0.15) is 0 Å². The molecule has 1 aliphatic rings. The van der Waals surface area contributed by atoms with Crippen LogP contribution in [0.5, 0.6) is 0 Å². The molecule has 6 nitrogen and oxygen atoms in total. The number of carboxylic acid groups (broad SMARTS) is 2. The minimum Gasteiger partial charge on any atom is -0.479 e. The Bertz CT molecular complexity index is 420. The zero-order chi connectivity index (χ0) is 16.1. The number of carbonyl (C=O) groups is 2. The standard InChI is InChI=1S/C14H25NO5/c1-12(2,3)9-8(16)7-15(11(19)20)14(9,10(17)18)13(4,5)6/h8-9,16H,7H2,1-6H3,(H,17,18)(H,19,20)/t8-,9?,14+/m0/s1. The van der Waals surface area contributed by atoms with Crippen molar-refractivity contribution in [1.82, 2.24) is 4.90 Å². The first-order valence-corrected chi connectivity index (χ1v) is 6.70. The summed E-state index contributed by atoms with van der Waals surface area (Å²) < 4.78 is 0. The molecule has 1 fully saturated rings. The fraction of sp³-hybridized carbons (Fsp3) is 0.857. The molecule has 0 spiro atoms. The Hall–Kier alpha value is -1.30. The van der Waals surface area contributed by atoms with Gasteiger partial charge in [0.2, 0.25) is 0 Å². The minimum atomic E-state index is -1.66. The van der Waals surface area contributed by atoms with Gasteiger partial charge in [-0.15, -0.1) is 0 Å². The SMILES string of the molecule is CC(C)(C)C1[C@@H](O)CN(C(=O)O)[C@]1(C(=O)O)C(C)(C)C. The third-order valence-electron chi connectivity index (χ3n) is 4.26. The number of hydrogen-bond donors (Lipinski definition) is 3. The zero-order valence-electron chi connectivity index (χ0n) is 13.0. The van der Waals surface area contributed by atoms with Crippen molar-refractivity contribution < 1.29 is 24.9 Å². The van der Waals surface area contributed by atoms with E-state index >= 15 is 0 Å². The molecule has 1 saturated heterocycles. The number of aliphatic hydroxyl groups excluding tert-OH is 1. The van der Waals surface area contributed by atoms with Crippen LogP contribution in [0.25, 0.3) is 0 Å². The second-order valence-corrected chi connectivity index (χ2v) is 7.63. The second-order valence-electron chi connectivity index (χ2n) is 7.63. The van der Waals surface area contributed by atoms with Crippen LogP contribution < -0.4 is 0 Å². The Morgan fingerprint density at radius 3 is 1.80 bits per heavy atom. The summed E-state index contributed by atoms with van der Waals surface area (Å²) in [6.45, 7) is 10.4. The number of hydrogen-bond acceptors (Lipinski definition) is 3. The van der Waals surface area contributed by atoms with Gasteiger partial charge in [0.25, 0.3) is 0 Å². The maximum absolute atomic E-state index is 12.1. The Labute approximate surface area is 119 Å². The minimum absolute atomic E-state index is 0.180. The van der Waals surface area contributed by atoms with Crippen molar-refractivity contribution in [1.29, 1.82) is 0 Å². The predicted molar refractivity (Wildman–Crippen MR) is 73.5 cm³/mol. The largest absolute Gasteiger partial charge is 0.479 e. The third-order valence-corrected chi connectivity index (χ3v) is 4.26. The molecule has 0 aromatic heterocycles. The van der Waals surface area contributed by atoms with Gasteiger partial charge in [-0.1, -0.05) is 41.5 Å². The smallest absolute Gasteiger partial charge is 0.408 e. The van der Waals surface area contributed by atoms with Gasteiger partial charge in [0.05, 0.1) is 12.6 Å². The van der Waals surface area contributed by atoms with Crippen molar-refractivity contribution in [3.05, 3.63) is 0 Å². The lowest BCUT2D eigenvalue weighted by Gasteiger charge is -2.50. The van der Waals surface area contributed by atoms with E-state index in [1.165, 1.54) is 0 Å². The van der Waals surface area contributed by atoms with Crippen LogP contribution in [-0.2, 0) is 4.79 Å². The highest BCUT2D eigenvalue weighted by atomic mass is 16.4. The van der Waals surface area contributed by atoms with Crippen LogP contribution in [-0.4, -0.2) is 50.5 Å². The number of β-amino-alcohol motifs (C(OH)–C–C–N with tert-alkyl or cyclic N) is 1. The summed E-state index contributed by atoms with van der Waals surface area (Å²) in [4.78, 5) is 24.5. The lowest BCUT2D eigenvalue weighted by molar-refractivity contribution is -0.165. The van der Waals surface area contributed by atoms with Crippen molar-refractivity contribution in [3.63, 3.8) is 0 Å². The van der Waals surface area contributed by atoms with Crippen LogP contribution >= 0.6 is 0 Å². The van der Waals surface area contributed by atoms with E-state index in [-0.39, 0.29) is 6.54 Å². The molecular weight excluding hydrogens is 262 g/mol. The average Bonchev–Trinajstić information content (AvgIpc) is 2.50. The van der Waals surface area contributed by atoms with Gasteiger partial charge in [-0.25, -0.2) is 9.59 Å². The summed E-state index contributed by atoms with van der Waals surface area (Å²) in [6.07, 6.45) is -2.31. The number of likely N-dealkylation sites (tertiary alicyclic amines) is 1. The van der Waals surface area contributed by atoms with Crippen LogP contribution in [0.3, 0.4) is 0 Å². The van der Waals surface area contributed by atoms with E-state index in [1.807, 2.05) is 20.8 Å². The molecule has 1 rings (SSSR count). The van der Waals surface area contributed by atoms with Gasteiger partial charge < -0.3 is 15.3 Å². The molecule has 0 saturated carbocycles. The van der Waals surface area contributed by atoms with Crippen LogP contribution in [0, 0.1) is 16.7 Å². The first kappa shape index (κ1) is 16.8. The maximum Gasteiger partial charge on any atom is 0.408 e. The van der Waals surface area contributed by atoms with Crippen molar-refractivity contribution in [2.75, 3.05) is 6.54 Å². The quantitative estimate of drug-likeness (QED) is 0.684. The summed E-state index contributed by atoms with van der Waals surface area (Å²) >= 11 is 0. The van der Waals surface area contributed by atoms with E-state index in [1.54, 1.807) is 20.8 Å². The molecule has 0 aliphatic carbocycles. The number of rotatable bonds is 1. The Kier molecular flexibility index (Phi) is 3.87. The summed E-state index contributed by atoms with van der Waals surface area (Å²) in [5.41, 5.74) is -3.06. The normalized spacial score (nSPS) is 31.4. The number of nitrogens with zero attached hydrogens (tertiary/aromatic N) is 1. The molecule has 116 valence electrons. The molecular formula is C14H25NO5. The molecule has 0 radical (unpaired) electrons. The maximum atomic E-state index is 12.1. The van der Waals surface area contributed by atoms with Crippen LogP contribution in [0.15, 0.2) is 0 Å². The number of aliphatic hydroxyl groups is 1. The average molecular weight is 287 g/mol. The number of amides is 1. The summed E-state index contributed by atoms with van der Waals surface area (Å²) in [7, 11) is 0. The highest BCUT2D eigenvalue weighted by molar-refractivity contribution is 5.86. The van der Waals surface area contributed by atoms with Crippen LogP contribution in [0.2, 0.25) is 0 Å². The molecule has 6 heteroatoms. The van der Waals surface area contributed by atoms with E-state index in [9.17, 15) is 24.9 Å². The fourth-order valence-electron chi connectivity index (χ4n) is 3.76. The van der Waals surface area contributed by atoms with Crippen molar-refractivity contribution in [2.45, 2.75) is 53.2 Å². The number of aliphatic carboxylic acids is 1. The van der Waals surface area contributed by atoms with E-state index in [0.29, 0.717) is 0 Å². The van der Waals surface area contributed by atoms with Gasteiger partial charge in [-0.3, -0.25) is 4.90 Å². The fourth-order valence-corrected chi connectivity index (χ4v) is 3.76. The third kappa shape index (κ3) is 2.16. The van der Waals surface area contributed by atoms with E-state index in [0.717, 1.165) is 4.90 Å². The van der Waals surface area contributed by atoms with Crippen LogP contribution in [0.1, 0.15) is 41.5 Å². The molecule has 3 atom stereocenters. The molecule has 3 N–H and O–H groups in total. The van der Waals surface area contributed by atoms with E-state index in [2.05, 4.69) is 0 Å². The first-order valence-electron chi connectivity index (χ1n) is 6.70. The molecule has 1 unspecified atom stereocenters. The highest BCUT2D eigenvalue weighted by Gasteiger charge is 2.68. The first-order chi connectivity index (χ1) is 8.77. The summed E-state index contributed by atoms with van der Waals surface area (Å²) in [5.74, 6) is -1.90. The Balaban J connectivity index is 3.66. The summed E-state index contributed by atoms with van der Waals surface area (Å²) in [6, 6.07) is 0. The van der Waals surface area contributed by atoms with Crippen LogP contribution in [0.4, 0.5) is 4.79 Å². The van der Waals surface area contributed by atoms with Gasteiger partial charge >= 0.3 is 12.1 Å². The van der Waals surface area contributed by atoms with Gasteiger partial charge in [-0.05, 0) is 10.8 Å². The molecule has 1 aliphatic heterocycles. The lowest BCUT2D eigenvalue weighted by atomic mass is 9.58. The van der Waals surface area contributed by atoms with E-state index in [4.69, 9.17) is 0 Å². The monoisotopic (exact) mass is 287 g/mol. The van der Waals surface area contributed by atoms with Crippen molar-refractivity contribution in [3.8, 4) is 0 Å². The Morgan fingerprint density at radius 2 is 1.55 bits per heavy atom. The van der Waals surface area contributed by atoms with Gasteiger partial charge in [0, 0.05) is 5.92 Å². The zero-order valence-corrected chi connectivity index (χ0v) is 13.0. The molecule has 1 amide bonds. The van der Waals surface area contributed by atoms with E-state index < -0.39 is 40.5 Å². The topological polar surface area (TPSA) is 98.1 Å². The number of carboxylic acids is 1. The molecule has 20 heavy (non-hydrogen) atoms. The second kappa shape index (κ2) is 4.62. The Morgan fingerprint density at radius 1 is 1.10 bits per heavy atom. The van der Waals surface area contributed by atoms with Crippen molar-refractivity contribution in [2.24, 2.45) is 16.7 Å². The van der Waals surface area contributed by atoms with Gasteiger partial charge in [0.1, 0.15) is 0 Å². The lowest BCUT2D eigenvalue weighted by Crippen LogP contribution is -2.66.